The zero-order valence-electron chi connectivity index (χ0n) is 23.2. The van der Waals surface area contributed by atoms with E-state index < -0.39 is 11.5 Å². The molecule has 12 heteroatoms. The molecule has 0 radical (unpaired) electrons. The first-order chi connectivity index (χ1) is 19.0. The number of carbonyl (C=O) groups excluding carboxylic acids is 3. The van der Waals surface area contributed by atoms with Gasteiger partial charge in [0.25, 0.3) is 11.8 Å². The molecule has 2 atom stereocenters. The second-order valence-corrected chi connectivity index (χ2v) is 12.8. The molecule has 2 aromatic heterocycles. The quantitative estimate of drug-likeness (QED) is 0.391. The van der Waals surface area contributed by atoms with Crippen LogP contribution in [0.3, 0.4) is 0 Å². The lowest BCUT2D eigenvalue weighted by atomic mass is 9.90. The summed E-state index contributed by atoms with van der Waals surface area (Å²) in [4.78, 5) is 52.9. The number of aromatic amines is 1. The van der Waals surface area contributed by atoms with Crippen LogP contribution in [0.15, 0.2) is 24.3 Å². The Hall–Kier alpha value is -2.99. The van der Waals surface area contributed by atoms with Gasteiger partial charge in [-0.1, -0.05) is 11.6 Å². The van der Waals surface area contributed by atoms with Crippen molar-refractivity contribution in [2.24, 2.45) is 5.41 Å². The molecule has 2 unspecified atom stereocenters. The predicted octanol–water partition coefficient (Wildman–Crippen LogP) is 3.07. The Morgan fingerprint density at radius 1 is 1.18 bits per heavy atom. The highest BCUT2D eigenvalue weighted by Gasteiger charge is 2.39. The summed E-state index contributed by atoms with van der Waals surface area (Å²) in [5.74, 6) is -0.639. The van der Waals surface area contributed by atoms with Gasteiger partial charge in [-0.15, -0.1) is 11.3 Å². The Kier molecular flexibility index (Phi) is 8.19. The number of amides is 3. The molecule has 1 fully saturated rings. The molecule has 5 rings (SSSR count). The SMILES string of the molecule is COCC(C)(C)C(=O)N1CCC(NC(=O)c2cc3cc(Cl)ccc3[nH]2)C(NC(=O)c2nc3c(s2)CN(C)CC3)C1. The summed E-state index contributed by atoms with van der Waals surface area (Å²) in [6, 6.07) is 6.25. The van der Waals surface area contributed by atoms with Crippen molar-refractivity contribution in [2.45, 2.75) is 45.3 Å². The lowest BCUT2D eigenvalue weighted by molar-refractivity contribution is -0.144. The van der Waals surface area contributed by atoms with E-state index in [0.717, 1.165) is 41.0 Å². The van der Waals surface area contributed by atoms with Crippen LogP contribution in [0.25, 0.3) is 10.9 Å². The fraction of sp³-hybridized carbons (Fsp3) is 0.500. The number of halogens is 1. The fourth-order valence-electron chi connectivity index (χ4n) is 5.43. The number of rotatable bonds is 7. The van der Waals surface area contributed by atoms with Crippen molar-refractivity contribution in [3.05, 3.63) is 50.6 Å². The largest absolute Gasteiger partial charge is 0.384 e. The molecule has 214 valence electrons. The first kappa shape index (κ1) is 28.5. The molecular formula is C28H35ClN6O4S. The summed E-state index contributed by atoms with van der Waals surface area (Å²) in [5.41, 5.74) is 1.46. The minimum Gasteiger partial charge on any atom is -0.384 e. The zero-order valence-corrected chi connectivity index (χ0v) is 24.7. The van der Waals surface area contributed by atoms with Gasteiger partial charge in [-0.05, 0) is 51.6 Å². The number of likely N-dealkylation sites (N-methyl/N-ethyl adjacent to an activating group) is 1. The van der Waals surface area contributed by atoms with Crippen LogP contribution in [0, 0.1) is 5.41 Å². The maximum Gasteiger partial charge on any atom is 0.280 e. The number of hydrogen-bond donors (Lipinski definition) is 3. The number of thiazole rings is 1. The number of carbonyl (C=O) groups is 3. The van der Waals surface area contributed by atoms with E-state index in [-0.39, 0.29) is 36.9 Å². The molecule has 3 aromatic rings. The first-order valence-corrected chi connectivity index (χ1v) is 14.6. The maximum atomic E-state index is 13.4. The van der Waals surface area contributed by atoms with Gasteiger partial charge in [0, 0.05) is 60.5 Å². The topological polar surface area (TPSA) is 120 Å². The van der Waals surface area contributed by atoms with Crippen molar-refractivity contribution >= 4 is 51.6 Å². The highest BCUT2D eigenvalue weighted by atomic mass is 35.5. The van der Waals surface area contributed by atoms with E-state index in [2.05, 4.69) is 32.5 Å². The molecule has 0 bridgehead atoms. The van der Waals surface area contributed by atoms with Crippen molar-refractivity contribution in [1.29, 1.82) is 0 Å². The number of ether oxygens (including phenoxy) is 1. The van der Waals surface area contributed by atoms with Gasteiger partial charge in [0.2, 0.25) is 5.91 Å². The lowest BCUT2D eigenvalue weighted by Crippen LogP contribution is -2.62. The summed E-state index contributed by atoms with van der Waals surface area (Å²) in [6.07, 6.45) is 1.29. The van der Waals surface area contributed by atoms with E-state index in [1.54, 1.807) is 30.2 Å². The minimum absolute atomic E-state index is 0.0568. The van der Waals surface area contributed by atoms with Crippen LogP contribution < -0.4 is 10.6 Å². The molecule has 40 heavy (non-hydrogen) atoms. The Balaban J connectivity index is 1.35. The van der Waals surface area contributed by atoms with Crippen LogP contribution in [-0.4, -0.2) is 90.0 Å². The van der Waals surface area contributed by atoms with E-state index in [9.17, 15) is 14.4 Å². The molecule has 0 saturated carbocycles. The predicted molar refractivity (Wildman–Crippen MR) is 155 cm³/mol. The normalized spacial score (nSPS) is 19.9. The van der Waals surface area contributed by atoms with E-state index in [4.69, 9.17) is 16.3 Å². The monoisotopic (exact) mass is 586 g/mol. The number of nitrogens with one attached hydrogen (secondary N) is 3. The Bertz CT molecular complexity index is 1440. The average molecular weight is 587 g/mol. The smallest absolute Gasteiger partial charge is 0.280 e. The fourth-order valence-corrected chi connectivity index (χ4v) is 6.70. The van der Waals surface area contributed by atoms with Crippen molar-refractivity contribution in [2.75, 3.05) is 40.4 Å². The maximum absolute atomic E-state index is 13.4. The van der Waals surface area contributed by atoms with Gasteiger partial charge < -0.3 is 30.2 Å². The van der Waals surface area contributed by atoms with Gasteiger partial charge in [-0.2, -0.15) is 0 Å². The summed E-state index contributed by atoms with van der Waals surface area (Å²) >= 11 is 7.52. The highest BCUT2D eigenvalue weighted by molar-refractivity contribution is 7.13. The number of piperidine rings is 1. The summed E-state index contributed by atoms with van der Waals surface area (Å²) in [5, 5.41) is 8.01. The number of aromatic nitrogens is 2. The molecule has 3 amide bonds. The molecule has 3 N–H and O–H groups in total. The van der Waals surface area contributed by atoms with E-state index in [1.165, 1.54) is 11.3 Å². The van der Waals surface area contributed by atoms with Gasteiger partial charge in [0.15, 0.2) is 5.01 Å². The molecule has 2 aliphatic rings. The lowest BCUT2D eigenvalue weighted by Gasteiger charge is -2.41. The number of likely N-dealkylation sites (tertiary alicyclic amines) is 1. The zero-order chi connectivity index (χ0) is 28.6. The third-order valence-electron chi connectivity index (χ3n) is 7.56. The van der Waals surface area contributed by atoms with Crippen LogP contribution in [0.5, 0.6) is 0 Å². The summed E-state index contributed by atoms with van der Waals surface area (Å²) < 4.78 is 5.27. The van der Waals surface area contributed by atoms with E-state index in [1.807, 2.05) is 19.9 Å². The number of methoxy groups -OCH3 is 1. The van der Waals surface area contributed by atoms with Gasteiger partial charge in [0.05, 0.1) is 29.8 Å². The highest BCUT2D eigenvalue weighted by Crippen LogP contribution is 2.26. The third-order valence-corrected chi connectivity index (χ3v) is 8.88. The standard InChI is InChI=1S/C28H35ClN6O4S/c1-28(2,15-39-4)27(38)35-10-8-19(31-24(36)21-12-16-11-17(29)5-6-18(16)30-21)22(13-35)32-25(37)26-33-20-7-9-34(3)14-23(20)40-26/h5-6,11-12,19,22,30H,7-10,13-15H2,1-4H3,(H,31,36)(H,32,37). The van der Waals surface area contributed by atoms with E-state index >= 15 is 0 Å². The third kappa shape index (κ3) is 6.02. The van der Waals surface area contributed by atoms with Crippen LogP contribution in [0.2, 0.25) is 5.02 Å². The number of benzene rings is 1. The molecule has 0 aliphatic carbocycles. The summed E-state index contributed by atoms with van der Waals surface area (Å²) in [6.45, 7) is 6.36. The van der Waals surface area contributed by atoms with Gasteiger partial charge in [-0.25, -0.2) is 4.98 Å². The van der Waals surface area contributed by atoms with Crippen LogP contribution in [0.1, 0.15) is 51.1 Å². The second kappa shape index (κ2) is 11.5. The number of H-pyrrole nitrogens is 1. The molecule has 0 spiro atoms. The summed E-state index contributed by atoms with van der Waals surface area (Å²) in [7, 11) is 3.62. The van der Waals surface area contributed by atoms with Gasteiger partial charge in [-0.3, -0.25) is 14.4 Å². The number of hydrogen-bond acceptors (Lipinski definition) is 7. The Morgan fingerprint density at radius 3 is 2.73 bits per heavy atom. The van der Waals surface area contributed by atoms with Crippen LogP contribution in [0.4, 0.5) is 0 Å². The first-order valence-electron chi connectivity index (χ1n) is 13.4. The van der Waals surface area contributed by atoms with Crippen molar-refractivity contribution < 1.29 is 19.1 Å². The number of fused-ring (bicyclic) bond motifs is 2. The minimum atomic E-state index is -0.717. The molecule has 1 saturated heterocycles. The average Bonchev–Trinajstić information content (AvgIpc) is 3.53. The van der Waals surface area contributed by atoms with Gasteiger partial charge in [0.1, 0.15) is 5.69 Å². The van der Waals surface area contributed by atoms with Crippen molar-refractivity contribution in [1.82, 2.24) is 30.4 Å². The van der Waals surface area contributed by atoms with Gasteiger partial charge >= 0.3 is 0 Å². The van der Waals surface area contributed by atoms with Crippen molar-refractivity contribution in [3.8, 4) is 0 Å². The molecule has 10 nitrogen and oxygen atoms in total. The molecule has 4 heterocycles. The van der Waals surface area contributed by atoms with Crippen LogP contribution >= 0.6 is 22.9 Å². The Morgan fingerprint density at radius 2 is 1.95 bits per heavy atom. The molecule has 1 aromatic carbocycles. The Labute approximate surface area is 242 Å². The van der Waals surface area contributed by atoms with E-state index in [0.29, 0.717) is 28.7 Å². The second-order valence-electron chi connectivity index (χ2n) is 11.3. The molecule has 2 aliphatic heterocycles. The van der Waals surface area contributed by atoms with Crippen LogP contribution in [-0.2, 0) is 22.5 Å². The number of nitrogens with zero attached hydrogens (tertiary/aromatic N) is 3. The van der Waals surface area contributed by atoms with Crippen molar-refractivity contribution in [3.63, 3.8) is 0 Å². The molecular weight excluding hydrogens is 552 g/mol.